The van der Waals surface area contributed by atoms with Crippen LogP contribution < -0.4 is 14.8 Å². The third-order valence-corrected chi connectivity index (χ3v) is 5.35. The lowest BCUT2D eigenvalue weighted by Gasteiger charge is -2.16. The average Bonchev–Trinajstić information content (AvgIpc) is 3.21. The van der Waals surface area contributed by atoms with Crippen LogP contribution in [-0.4, -0.2) is 28.4 Å². The number of amides is 3. The molecule has 3 aromatic carbocycles. The quantitative estimate of drug-likeness (QED) is 0.629. The standard InChI is InChI=1S/C25H20N2O5/c1-25(2)31-20-12-11-17(13-21(20)32-25)26-22(28)16-9-7-15(8-10-16)14-27-23(29)18-5-3-4-6-19(18)24(27)30/h3-13H,14H2,1-2H3,(H,26,28). The molecule has 7 nitrogen and oxygen atoms in total. The van der Waals surface area contributed by atoms with Crippen LogP contribution in [0.2, 0.25) is 0 Å². The van der Waals surface area contributed by atoms with Crippen molar-refractivity contribution in [2.24, 2.45) is 0 Å². The summed E-state index contributed by atoms with van der Waals surface area (Å²) in [5.41, 5.74) is 2.63. The summed E-state index contributed by atoms with van der Waals surface area (Å²) < 4.78 is 11.4. The fourth-order valence-electron chi connectivity index (χ4n) is 3.83. The van der Waals surface area contributed by atoms with Crippen molar-refractivity contribution in [1.82, 2.24) is 4.90 Å². The van der Waals surface area contributed by atoms with E-state index in [4.69, 9.17) is 9.47 Å². The topological polar surface area (TPSA) is 84.9 Å². The van der Waals surface area contributed by atoms with Crippen molar-refractivity contribution in [1.29, 1.82) is 0 Å². The number of anilines is 1. The zero-order valence-electron chi connectivity index (χ0n) is 17.5. The first-order chi connectivity index (χ1) is 15.3. The molecule has 0 bridgehead atoms. The Kier molecular flexibility index (Phi) is 4.48. The van der Waals surface area contributed by atoms with Gasteiger partial charge in [-0.2, -0.15) is 0 Å². The SMILES string of the molecule is CC1(C)Oc2ccc(NC(=O)c3ccc(CN4C(=O)c5ccccc5C4=O)cc3)cc2O1. The number of ether oxygens (including phenoxy) is 2. The van der Waals surface area contributed by atoms with Gasteiger partial charge in [0.1, 0.15) is 0 Å². The molecule has 0 aromatic heterocycles. The highest BCUT2D eigenvalue weighted by Crippen LogP contribution is 2.40. The van der Waals surface area contributed by atoms with E-state index in [-0.39, 0.29) is 24.3 Å². The van der Waals surface area contributed by atoms with E-state index in [1.807, 2.05) is 13.8 Å². The number of hydrogen-bond donors (Lipinski definition) is 1. The number of imide groups is 1. The Morgan fingerprint density at radius 2 is 1.50 bits per heavy atom. The van der Waals surface area contributed by atoms with Gasteiger partial charge in [0.15, 0.2) is 11.5 Å². The zero-order valence-corrected chi connectivity index (χ0v) is 17.5. The Bertz CT molecular complexity index is 1230. The van der Waals surface area contributed by atoms with Gasteiger partial charge < -0.3 is 14.8 Å². The molecule has 0 aliphatic carbocycles. The zero-order chi connectivity index (χ0) is 22.5. The second-order valence-corrected chi connectivity index (χ2v) is 8.16. The van der Waals surface area contributed by atoms with E-state index in [2.05, 4.69) is 5.32 Å². The lowest BCUT2D eigenvalue weighted by molar-refractivity contribution is -0.0431. The van der Waals surface area contributed by atoms with Crippen LogP contribution >= 0.6 is 0 Å². The highest BCUT2D eigenvalue weighted by Gasteiger charge is 2.35. The van der Waals surface area contributed by atoms with Gasteiger partial charge in [-0.3, -0.25) is 19.3 Å². The molecule has 0 fully saturated rings. The summed E-state index contributed by atoms with van der Waals surface area (Å²) in [5, 5.41) is 2.84. The minimum atomic E-state index is -0.736. The fourth-order valence-corrected chi connectivity index (χ4v) is 3.83. The Morgan fingerprint density at radius 1 is 0.875 bits per heavy atom. The van der Waals surface area contributed by atoms with Gasteiger partial charge in [-0.1, -0.05) is 24.3 Å². The maximum absolute atomic E-state index is 12.6. The lowest BCUT2D eigenvalue weighted by atomic mass is 10.1. The Labute approximate surface area is 184 Å². The van der Waals surface area contributed by atoms with Crippen LogP contribution in [0.4, 0.5) is 5.69 Å². The summed E-state index contributed by atoms with van der Waals surface area (Å²) in [6.45, 7) is 3.77. The molecular formula is C25H20N2O5. The largest absolute Gasteiger partial charge is 0.449 e. The minimum Gasteiger partial charge on any atom is -0.449 e. The third kappa shape index (κ3) is 3.47. The molecule has 1 N–H and O–H groups in total. The number of carbonyl (C=O) groups excluding carboxylic acids is 3. The van der Waals surface area contributed by atoms with Crippen LogP contribution in [0.5, 0.6) is 11.5 Å². The molecule has 3 amide bonds. The van der Waals surface area contributed by atoms with Gasteiger partial charge in [0.05, 0.1) is 17.7 Å². The van der Waals surface area contributed by atoms with Gasteiger partial charge in [0.25, 0.3) is 17.7 Å². The average molecular weight is 428 g/mol. The summed E-state index contributed by atoms with van der Waals surface area (Å²) >= 11 is 0. The Balaban J connectivity index is 1.26. The third-order valence-electron chi connectivity index (χ3n) is 5.35. The molecular weight excluding hydrogens is 408 g/mol. The molecule has 0 radical (unpaired) electrons. The van der Waals surface area contributed by atoms with E-state index >= 15 is 0 Å². The van der Waals surface area contributed by atoms with Crippen molar-refractivity contribution in [3.05, 3.63) is 89.0 Å². The Morgan fingerprint density at radius 3 is 2.16 bits per heavy atom. The number of hydrogen-bond acceptors (Lipinski definition) is 5. The summed E-state index contributed by atoms with van der Waals surface area (Å²) in [4.78, 5) is 38.9. The summed E-state index contributed by atoms with van der Waals surface area (Å²) in [7, 11) is 0. The number of carbonyl (C=O) groups is 3. The number of nitrogens with zero attached hydrogens (tertiary/aromatic N) is 1. The molecule has 0 saturated heterocycles. The van der Waals surface area contributed by atoms with Crippen molar-refractivity contribution in [2.45, 2.75) is 26.2 Å². The van der Waals surface area contributed by atoms with E-state index in [1.54, 1.807) is 66.7 Å². The highest BCUT2D eigenvalue weighted by molar-refractivity contribution is 6.21. The first-order valence-electron chi connectivity index (χ1n) is 10.2. The predicted octanol–water partition coefficient (Wildman–Crippen LogP) is 4.24. The van der Waals surface area contributed by atoms with Gasteiger partial charge in [-0.15, -0.1) is 0 Å². The summed E-state index contributed by atoms with van der Waals surface area (Å²) in [6.07, 6.45) is 0. The maximum atomic E-state index is 12.6. The number of rotatable bonds is 4. The van der Waals surface area contributed by atoms with E-state index < -0.39 is 5.79 Å². The van der Waals surface area contributed by atoms with Crippen molar-refractivity contribution in [2.75, 3.05) is 5.32 Å². The van der Waals surface area contributed by atoms with Gasteiger partial charge in [0.2, 0.25) is 5.79 Å². The molecule has 0 spiro atoms. The molecule has 5 rings (SSSR count). The number of nitrogens with one attached hydrogen (secondary N) is 1. The van der Waals surface area contributed by atoms with Crippen LogP contribution in [0.1, 0.15) is 50.5 Å². The molecule has 2 aliphatic rings. The van der Waals surface area contributed by atoms with Crippen molar-refractivity contribution in [3.8, 4) is 11.5 Å². The molecule has 0 unspecified atom stereocenters. The molecule has 2 aliphatic heterocycles. The van der Waals surface area contributed by atoms with E-state index in [9.17, 15) is 14.4 Å². The molecule has 2 heterocycles. The predicted molar refractivity (Wildman–Crippen MR) is 117 cm³/mol. The smallest absolute Gasteiger partial charge is 0.261 e. The molecule has 3 aromatic rings. The molecule has 32 heavy (non-hydrogen) atoms. The lowest BCUT2D eigenvalue weighted by Crippen LogP contribution is -2.29. The van der Waals surface area contributed by atoms with E-state index in [0.29, 0.717) is 33.9 Å². The van der Waals surface area contributed by atoms with Crippen LogP contribution in [0.25, 0.3) is 0 Å². The Hall–Kier alpha value is -4.13. The molecule has 0 atom stereocenters. The van der Waals surface area contributed by atoms with Gasteiger partial charge >= 0.3 is 0 Å². The van der Waals surface area contributed by atoms with Gasteiger partial charge in [0, 0.05) is 31.2 Å². The van der Waals surface area contributed by atoms with Gasteiger partial charge in [-0.05, 0) is 42.0 Å². The van der Waals surface area contributed by atoms with Crippen LogP contribution in [0.15, 0.2) is 66.7 Å². The minimum absolute atomic E-state index is 0.145. The number of fused-ring (bicyclic) bond motifs is 2. The van der Waals surface area contributed by atoms with E-state index in [1.165, 1.54) is 4.90 Å². The highest BCUT2D eigenvalue weighted by atomic mass is 16.7. The van der Waals surface area contributed by atoms with Crippen LogP contribution in [0, 0.1) is 0 Å². The van der Waals surface area contributed by atoms with Crippen molar-refractivity contribution < 1.29 is 23.9 Å². The molecule has 160 valence electrons. The second-order valence-electron chi connectivity index (χ2n) is 8.16. The summed E-state index contributed by atoms with van der Waals surface area (Å²) in [6, 6.07) is 18.8. The van der Waals surface area contributed by atoms with Gasteiger partial charge in [-0.25, -0.2) is 0 Å². The maximum Gasteiger partial charge on any atom is 0.261 e. The first-order valence-corrected chi connectivity index (χ1v) is 10.2. The normalized spacial score (nSPS) is 15.6. The summed E-state index contributed by atoms with van der Waals surface area (Å²) in [5.74, 6) is -0.429. The first kappa shape index (κ1) is 19.8. The molecule has 0 saturated carbocycles. The monoisotopic (exact) mass is 428 g/mol. The van der Waals surface area contributed by atoms with Crippen LogP contribution in [-0.2, 0) is 6.54 Å². The number of benzene rings is 3. The van der Waals surface area contributed by atoms with Crippen molar-refractivity contribution in [3.63, 3.8) is 0 Å². The van der Waals surface area contributed by atoms with Crippen LogP contribution in [0.3, 0.4) is 0 Å². The van der Waals surface area contributed by atoms with E-state index in [0.717, 1.165) is 5.56 Å². The fraction of sp³-hybridized carbons (Fsp3) is 0.160. The van der Waals surface area contributed by atoms with Crippen molar-refractivity contribution >= 4 is 23.4 Å². The second kappa shape index (κ2) is 7.23. The molecule has 7 heteroatoms.